The van der Waals surface area contributed by atoms with E-state index in [1.807, 2.05) is 48.9 Å². The number of pyridine rings is 1. The second-order valence-electron chi connectivity index (χ2n) is 5.49. The zero-order chi connectivity index (χ0) is 20.7. The summed E-state index contributed by atoms with van der Waals surface area (Å²) in [6, 6.07) is 16.2. The molecule has 0 radical (unpaired) electrons. The maximum Gasteiger partial charge on any atom is 0.213 e. The van der Waals surface area contributed by atoms with E-state index in [0.717, 1.165) is 16.8 Å². The summed E-state index contributed by atoms with van der Waals surface area (Å²) in [7, 11) is 1.83. The molecule has 0 aliphatic carbocycles. The van der Waals surface area contributed by atoms with Gasteiger partial charge in [-0.05, 0) is 43.4 Å². The predicted molar refractivity (Wildman–Crippen MR) is 92.7 cm³/mol. The quantitative estimate of drug-likeness (QED) is 0.599. The van der Waals surface area contributed by atoms with E-state index in [1.165, 1.54) is 12.1 Å². The Balaban J connectivity index is 2.23. The molecule has 0 unspecified atom stereocenters. The third-order valence-corrected chi connectivity index (χ3v) is 3.89. The highest BCUT2D eigenvalue weighted by Gasteiger charge is 2.16. The molecule has 0 atom stereocenters. The molecule has 110 valence electrons. The predicted octanol–water partition coefficient (Wildman–Crippen LogP) is 4.77. The molecule has 0 fully saturated rings. The smallest absolute Gasteiger partial charge is 0.201 e. The number of benzene rings is 2. The summed E-state index contributed by atoms with van der Waals surface area (Å²) in [5.74, 6) is 0. The molecule has 0 N–H and O–H groups in total. The van der Waals surface area contributed by atoms with Crippen molar-refractivity contribution in [2.45, 2.75) is 20.6 Å². The van der Waals surface area contributed by atoms with Gasteiger partial charge in [-0.15, -0.1) is 0 Å². The van der Waals surface area contributed by atoms with Crippen LogP contribution in [-0.4, -0.2) is 0 Å². The summed E-state index contributed by atoms with van der Waals surface area (Å²) < 4.78 is 48.3. The molecule has 0 amide bonds. The zero-order valence-electron chi connectivity index (χ0n) is 18.7. The standard InChI is InChI=1S/C21H22N/c1-15-9-11-18(12-10-15)20-13-21(22(4)14-17(20)3)19-8-6-5-7-16(19)2/h5-14H,1-4H3/q+1/i1D3,3D3. The van der Waals surface area contributed by atoms with Crippen molar-refractivity contribution in [3.8, 4) is 22.4 Å². The van der Waals surface area contributed by atoms with E-state index < -0.39 is 13.7 Å². The summed E-state index contributed by atoms with van der Waals surface area (Å²) in [5.41, 5.74) is 4.70. The van der Waals surface area contributed by atoms with Gasteiger partial charge < -0.3 is 0 Å². The Bertz CT molecular complexity index is 1000. The summed E-state index contributed by atoms with van der Waals surface area (Å²) in [6.45, 7) is -2.47. The van der Waals surface area contributed by atoms with E-state index in [0.29, 0.717) is 11.1 Å². The molecule has 0 saturated heterocycles. The van der Waals surface area contributed by atoms with Crippen LogP contribution in [0.4, 0.5) is 0 Å². The van der Waals surface area contributed by atoms with E-state index in [1.54, 1.807) is 18.3 Å². The fourth-order valence-corrected chi connectivity index (χ4v) is 2.67. The van der Waals surface area contributed by atoms with E-state index in [2.05, 4.69) is 0 Å². The Hall–Kier alpha value is -2.41. The summed E-state index contributed by atoms with van der Waals surface area (Å²) >= 11 is 0. The fraction of sp³-hybridized carbons (Fsp3) is 0.190. The first-order chi connectivity index (χ1) is 13.0. The molecule has 0 aliphatic heterocycles. The molecule has 3 rings (SSSR count). The molecule has 0 spiro atoms. The third-order valence-electron chi connectivity index (χ3n) is 3.89. The Morgan fingerprint density at radius 2 is 1.64 bits per heavy atom. The highest BCUT2D eigenvalue weighted by atomic mass is 14.9. The molecule has 22 heavy (non-hydrogen) atoms. The van der Waals surface area contributed by atoms with Gasteiger partial charge in [0.2, 0.25) is 5.69 Å². The van der Waals surface area contributed by atoms with Gasteiger partial charge in [0.15, 0.2) is 6.20 Å². The zero-order valence-corrected chi connectivity index (χ0v) is 12.7. The molecule has 0 bridgehead atoms. The van der Waals surface area contributed by atoms with Crippen molar-refractivity contribution < 1.29 is 12.8 Å². The SMILES string of the molecule is [2H]C([2H])([2H])c1ccc(-c2cc(-c3ccccc3C)[n+](C)cc2C([2H])([2H])[2H])cc1. The van der Waals surface area contributed by atoms with E-state index >= 15 is 0 Å². The Kier molecular flexibility index (Phi) is 2.33. The van der Waals surface area contributed by atoms with Crippen molar-refractivity contribution in [3.63, 3.8) is 0 Å². The number of hydrogen-bond acceptors (Lipinski definition) is 0. The largest absolute Gasteiger partial charge is 0.213 e. The molecule has 3 aromatic rings. The van der Waals surface area contributed by atoms with Crippen LogP contribution in [0.2, 0.25) is 0 Å². The van der Waals surface area contributed by atoms with Crippen LogP contribution in [0.15, 0.2) is 60.8 Å². The van der Waals surface area contributed by atoms with Gasteiger partial charge in [0, 0.05) is 25.4 Å². The van der Waals surface area contributed by atoms with E-state index in [-0.39, 0.29) is 11.1 Å². The third kappa shape index (κ3) is 2.67. The first-order valence-electron chi connectivity index (χ1n) is 10.2. The van der Waals surface area contributed by atoms with Gasteiger partial charge in [0.05, 0.1) is 0 Å². The van der Waals surface area contributed by atoms with Crippen LogP contribution in [0, 0.1) is 20.6 Å². The van der Waals surface area contributed by atoms with Crippen LogP contribution in [0.5, 0.6) is 0 Å². The molecule has 1 heterocycles. The van der Waals surface area contributed by atoms with Gasteiger partial charge in [0.25, 0.3) is 0 Å². The van der Waals surface area contributed by atoms with Crippen LogP contribution in [0.1, 0.15) is 24.9 Å². The van der Waals surface area contributed by atoms with Crippen molar-refractivity contribution in [1.29, 1.82) is 0 Å². The molecule has 2 aromatic carbocycles. The summed E-state index contributed by atoms with van der Waals surface area (Å²) in [6.07, 6.45) is 1.64. The lowest BCUT2D eigenvalue weighted by Crippen LogP contribution is -2.31. The second kappa shape index (κ2) is 5.76. The number of aryl methyl sites for hydroxylation is 4. The minimum atomic E-state index is -2.29. The van der Waals surface area contributed by atoms with Crippen LogP contribution < -0.4 is 4.57 Å². The van der Waals surface area contributed by atoms with Gasteiger partial charge in [-0.25, -0.2) is 4.57 Å². The van der Waals surface area contributed by atoms with Crippen molar-refractivity contribution >= 4 is 0 Å². The van der Waals surface area contributed by atoms with E-state index in [9.17, 15) is 0 Å². The summed E-state index contributed by atoms with van der Waals surface area (Å²) in [4.78, 5) is 0. The van der Waals surface area contributed by atoms with Gasteiger partial charge in [-0.2, -0.15) is 0 Å². The molecule has 1 aromatic heterocycles. The number of nitrogens with zero attached hydrogens (tertiary/aromatic N) is 1. The minimum absolute atomic E-state index is 0.229. The highest BCUT2D eigenvalue weighted by molar-refractivity contribution is 5.72. The number of hydrogen-bond donors (Lipinski definition) is 0. The monoisotopic (exact) mass is 294 g/mol. The average molecular weight is 294 g/mol. The van der Waals surface area contributed by atoms with Crippen LogP contribution in [0.25, 0.3) is 22.4 Å². The van der Waals surface area contributed by atoms with Crippen LogP contribution >= 0.6 is 0 Å². The number of rotatable bonds is 2. The maximum atomic E-state index is 7.95. The lowest BCUT2D eigenvalue weighted by molar-refractivity contribution is -0.660. The Morgan fingerprint density at radius 1 is 0.864 bits per heavy atom. The molecular weight excluding hydrogens is 266 g/mol. The van der Waals surface area contributed by atoms with Crippen molar-refractivity contribution in [3.05, 3.63) is 77.5 Å². The average Bonchev–Trinajstić information content (AvgIpc) is 2.61. The first kappa shape index (κ1) is 8.89. The van der Waals surface area contributed by atoms with Crippen LogP contribution in [-0.2, 0) is 7.05 Å². The van der Waals surface area contributed by atoms with E-state index in [4.69, 9.17) is 8.22 Å². The molecule has 0 aliphatic rings. The number of aromatic nitrogens is 1. The maximum absolute atomic E-state index is 7.95. The molecule has 1 heteroatoms. The van der Waals surface area contributed by atoms with Gasteiger partial charge in [0.1, 0.15) is 7.05 Å². The van der Waals surface area contributed by atoms with Crippen molar-refractivity contribution in [2.75, 3.05) is 0 Å². The Morgan fingerprint density at radius 3 is 2.32 bits per heavy atom. The van der Waals surface area contributed by atoms with Gasteiger partial charge in [-0.3, -0.25) is 0 Å². The minimum Gasteiger partial charge on any atom is -0.201 e. The van der Waals surface area contributed by atoms with Crippen LogP contribution in [0.3, 0.4) is 0 Å². The fourth-order valence-electron chi connectivity index (χ4n) is 2.67. The lowest BCUT2D eigenvalue weighted by Gasteiger charge is -2.10. The first-order valence-corrected chi connectivity index (χ1v) is 7.19. The lowest BCUT2D eigenvalue weighted by atomic mass is 9.97. The van der Waals surface area contributed by atoms with Gasteiger partial charge in [-0.1, -0.05) is 48.0 Å². The topological polar surface area (TPSA) is 3.88 Å². The van der Waals surface area contributed by atoms with Crippen molar-refractivity contribution in [2.24, 2.45) is 7.05 Å². The summed E-state index contributed by atoms with van der Waals surface area (Å²) in [5, 5.41) is 0. The molecule has 1 nitrogen and oxygen atoms in total. The van der Waals surface area contributed by atoms with Gasteiger partial charge >= 0.3 is 0 Å². The second-order valence-corrected chi connectivity index (χ2v) is 5.49. The Labute approximate surface area is 141 Å². The molecule has 0 saturated carbocycles. The normalized spacial score (nSPS) is 15.9. The highest BCUT2D eigenvalue weighted by Crippen LogP contribution is 2.28. The molecular formula is C21H22N+. The van der Waals surface area contributed by atoms with Crippen molar-refractivity contribution in [1.82, 2.24) is 0 Å².